The van der Waals surface area contributed by atoms with E-state index in [-0.39, 0.29) is 41.0 Å². The summed E-state index contributed by atoms with van der Waals surface area (Å²) in [4.78, 5) is 39.7. The van der Waals surface area contributed by atoms with Gasteiger partial charge in [-0.3, -0.25) is 14.4 Å². The van der Waals surface area contributed by atoms with Crippen molar-refractivity contribution in [2.45, 2.75) is 90.1 Å². The molecule has 8 nitrogen and oxygen atoms in total. The molecule has 8 heteroatoms. The SMILES string of the molecule is CC(C)=CCc1c2c(c(O)c3c1O[C@]14C(=C[C@@H]5CC1C(C)(C)OC4(CC=C(C)OC=O)C5=O)C3=O)C=CC(C)(C)O2. The lowest BCUT2D eigenvalue weighted by Gasteiger charge is -2.56. The molecule has 1 aromatic carbocycles. The molecule has 1 saturated carbocycles. The van der Waals surface area contributed by atoms with Crippen LogP contribution in [-0.4, -0.2) is 45.5 Å². The number of Topliss-reactive ketones (excluding diaryl/α,β-unsaturated/α-hetero) is 2. The van der Waals surface area contributed by atoms with Gasteiger partial charge in [0, 0.05) is 29.4 Å². The van der Waals surface area contributed by atoms with E-state index < -0.39 is 28.3 Å². The Kier molecular flexibility index (Phi) is 5.82. The smallest absolute Gasteiger partial charge is 0.298 e. The van der Waals surface area contributed by atoms with Crippen molar-refractivity contribution in [2.24, 2.45) is 11.8 Å². The summed E-state index contributed by atoms with van der Waals surface area (Å²) in [6.45, 7) is 13.6. The average Bonchev–Trinajstić information content (AvgIpc) is 3.04. The normalized spacial score (nSPS) is 31.3. The molecule has 3 aliphatic heterocycles. The number of hydrogen-bond donors (Lipinski definition) is 1. The third-order valence-corrected chi connectivity index (χ3v) is 9.25. The third kappa shape index (κ3) is 3.59. The first-order valence-corrected chi connectivity index (χ1v) is 14.1. The number of aromatic hydroxyl groups is 1. The van der Waals surface area contributed by atoms with Crippen molar-refractivity contribution in [3.8, 4) is 17.2 Å². The Morgan fingerprint density at radius 1 is 1.10 bits per heavy atom. The Labute approximate surface area is 239 Å². The van der Waals surface area contributed by atoms with E-state index in [0.717, 1.165) is 5.57 Å². The van der Waals surface area contributed by atoms with Crippen LogP contribution in [0.3, 0.4) is 0 Å². The van der Waals surface area contributed by atoms with Crippen molar-refractivity contribution in [1.29, 1.82) is 0 Å². The molecule has 6 aliphatic rings. The molecule has 0 aromatic heterocycles. The summed E-state index contributed by atoms with van der Waals surface area (Å²) in [5, 5.41) is 11.6. The van der Waals surface area contributed by atoms with Gasteiger partial charge in [0.15, 0.2) is 22.8 Å². The van der Waals surface area contributed by atoms with Crippen LogP contribution in [-0.2, 0) is 25.5 Å². The number of hydrogen-bond acceptors (Lipinski definition) is 8. The Balaban J connectivity index is 1.64. The molecular weight excluding hydrogens is 524 g/mol. The molecule has 0 radical (unpaired) electrons. The quantitative estimate of drug-likeness (QED) is 0.274. The zero-order chi connectivity index (χ0) is 29.7. The van der Waals surface area contributed by atoms with Gasteiger partial charge >= 0.3 is 0 Å². The van der Waals surface area contributed by atoms with Crippen LogP contribution in [0.25, 0.3) is 6.08 Å². The van der Waals surface area contributed by atoms with Gasteiger partial charge in [-0.05, 0) is 79.5 Å². The van der Waals surface area contributed by atoms with Crippen LogP contribution in [0.1, 0.15) is 82.8 Å². The fourth-order valence-corrected chi connectivity index (χ4v) is 7.47. The van der Waals surface area contributed by atoms with Crippen LogP contribution in [0.4, 0.5) is 0 Å². The van der Waals surface area contributed by atoms with Gasteiger partial charge in [0.25, 0.3) is 6.47 Å². The van der Waals surface area contributed by atoms with E-state index in [1.54, 1.807) is 25.2 Å². The van der Waals surface area contributed by atoms with E-state index in [1.807, 2.05) is 53.7 Å². The number of rotatable bonds is 6. The second kappa shape index (κ2) is 8.68. The Bertz CT molecular complexity index is 1530. The molecule has 3 heterocycles. The molecule has 2 unspecified atom stereocenters. The highest BCUT2D eigenvalue weighted by Crippen LogP contribution is 2.68. The lowest BCUT2D eigenvalue weighted by molar-refractivity contribution is -0.171. The minimum Gasteiger partial charge on any atom is -0.506 e. The lowest BCUT2D eigenvalue weighted by atomic mass is 9.51. The summed E-state index contributed by atoms with van der Waals surface area (Å²) < 4.78 is 25.2. The summed E-state index contributed by atoms with van der Waals surface area (Å²) in [6.07, 6.45) is 9.94. The Hall–Kier alpha value is -3.65. The number of ketones is 2. The first-order chi connectivity index (χ1) is 19.2. The molecule has 1 saturated heterocycles. The molecule has 0 amide bonds. The van der Waals surface area contributed by atoms with Crippen LogP contribution >= 0.6 is 0 Å². The third-order valence-electron chi connectivity index (χ3n) is 9.25. The maximum atomic E-state index is 14.5. The van der Waals surface area contributed by atoms with Crippen molar-refractivity contribution in [1.82, 2.24) is 0 Å². The molecule has 1 aromatic rings. The van der Waals surface area contributed by atoms with Crippen molar-refractivity contribution >= 4 is 24.1 Å². The first-order valence-electron chi connectivity index (χ1n) is 14.1. The van der Waals surface area contributed by atoms with Crippen LogP contribution in [0.2, 0.25) is 0 Å². The molecular formula is C33H36O8. The van der Waals surface area contributed by atoms with E-state index in [9.17, 15) is 19.5 Å². The highest BCUT2D eigenvalue weighted by Gasteiger charge is 2.81. The molecule has 2 fully saturated rings. The van der Waals surface area contributed by atoms with Crippen LogP contribution in [0.5, 0.6) is 17.2 Å². The second-order valence-corrected chi connectivity index (χ2v) is 13.1. The van der Waals surface area contributed by atoms with E-state index in [1.165, 1.54) is 0 Å². The lowest BCUT2D eigenvalue weighted by Crippen LogP contribution is -2.72. The highest BCUT2D eigenvalue weighted by atomic mass is 16.6. The fourth-order valence-electron chi connectivity index (χ4n) is 7.47. The van der Waals surface area contributed by atoms with Gasteiger partial charge in [-0.15, -0.1) is 0 Å². The molecule has 4 atom stereocenters. The second-order valence-electron chi connectivity index (χ2n) is 13.1. The molecule has 1 N–H and O–H groups in total. The number of fused-ring (bicyclic) bond motifs is 2. The molecule has 41 heavy (non-hydrogen) atoms. The van der Waals surface area contributed by atoms with Crippen LogP contribution < -0.4 is 9.47 Å². The summed E-state index contributed by atoms with van der Waals surface area (Å²) in [5.41, 5.74) is -1.89. The number of ether oxygens (including phenoxy) is 4. The predicted molar refractivity (Wildman–Crippen MR) is 151 cm³/mol. The molecule has 7 rings (SSSR count). The summed E-state index contributed by atoms with van der Waals surface area (Å²) in [6, 6.07) is 0. The number of carbonyl (C=O) groups excluding carboxylic acids is 3. The number of benzene rings is 1. The monoisotopic (exact) mass is 560 g/mol. The number of carbonyl (C=O) groups is 3. The summed E-state index contributed by atoms with van der Waals surface area (Å²) >= 11 is 0. The Morgan fingerprint density at radius 3 is 2.51 bits per heavy atom. The zero-order valence-electron chi connectivity index (χ0n) is 24.5. The van der Waals surface area contributed by atoms with Crippen molar-refractivity contribution in [3.05, 3.63) is 57.9 Å². The molecule has 3 aliphatic carbocycles. The average molecular weight is 561 g/mol. The van der Waals surface area contributed by atoms with E-state index >= 15 is 0 Å². The number of allylic oxidation sites excluding steroid dienone is 4. The van der Waals surface area contributed by atoms with Gasteiger partial charge in [-0.25, -0.2) is 0 Å². The first kappa shape index (κ1) is 27.5. The minimum atomic E-state index is -1.53. The van der Waals surface area contributed by atoms with Crippen LogP contribution in [0, 0.1) is 11.8 Å². The number of phenols is 1. The topological polar surface area (TPSA) is 108 Å². The highest BCUT2D eigenvalue weighted by molar-refractivity contribution is 6.19. The summed E-state index contributed by atoms with van der Waals surface area (Å²) in [7, 11) is 0. The van der Waals surface area contributed by atoms with E-state index in [4.69, 9.17) is 18.9 Å². The van der Waals surface area contributed by atoms with Gasteiger partial charge < -0.3 is 24.1 Å². The largest absolute Gasteiger partial charge is 0.506 e. The van der Waals surface area contributed by atoms with Crippen molar-refractivity contribution < 1.29 is 38.4 Å². The van der Waals surface area contributed by atoms with Crippen LogP contribution in [0.15, 0.2) is 41.2 Å². The fraction of sp³-hybridized carbons (Fsp3) is 0.485. The number of phenolic OH excluding ortho intramolecular Hbond substituents is 1. The van der Waals surface area contributed by atoms with Gasteiger partial charge in [-0.2, -0.15) is 0 Å². The zero-order valence-corrected chi connectivity index (χ0v) is 24.5. The molecule has 4 bridgehead atoms. The summed E-state index contributed by atoms with van der Waals surface area (Å²) in [5.74, 6) is -0.617. The van der Waals surface area contributed by atoms with Gasteiger partial charge in [0.1, 0.15) is 34.2 Å². The van der Waals surface area contributed by atoms with Crippen molar-refractivity contribution in [3.63, 3.8) is 0 Å². The molecule has 216 valence electrons. The van der Waals surface area contributed by atoms with Gasteiger partial charge in [0.2, 0.25) is 0 Å². The van der Waals surface area contributed by atoms with E-state index in [0.29, 0.717) is 47.5 Å². The Morgan fingerprint density at radius 2 is 1.83 bits per heavy atom. The maximum Gasteiger partial charge on any atom is 0.298 e. The maximum absolute atomic E-state index is 14.5. The standard InChI is InChI=1S/C33H36O8/c1-17(2)8-9-21-27-20(11-12-30(4,5)39-27)25(35)24-26(36)22-14-19-15-23-31(6,7)41-32(29(19)37,13-10-18(3)38-16-34)33(22,23)40-28(21)24/h8,10-12,14,16,19,23,35H,9,13,15H2,1-7H3/t19-,23?,32?,33-/m1/s1. The van der Waals surface area contributed by atoms with Gasteiger partial charge in [0.05, 0.1) is 11.2 Å². The minimum absolute atomic E-state index is 0.0500. The predicted octanol–water partition coefficient (Wildman–Crippen LogP) is 5.56. The van der Waals surface area contributed by atoms with Crippen molar-refractivity contribution in [2.75, 3.05) is 0 Å². The van der Waals surface area contributed by atoms with Gasteiger partial charge in [-0.1, -0.05) is 17.7 Å². The van der Waals surface area contributed by atoms with E-state index in [2.05, 4.69) is 0 Å². The molecule has 1 spiro atoms.